The molecule has 4 fully saturated rings. The Bertz CT molecular complexity index is 739. The molecule has 34 heavy (non-hydrogen) atoms. The van der Waals surface area contributed by atoms with Crippen LogP contribution < -0.4 is 0 Å². The van der Waals surface area contributed by atoms with Gasteiger partial charge in [-0.2, -0.15) is 13.2 Å². The Kier molecular flexibility index (Phi) is 7.00. The zero-order chi connectivity index (χ0) is 25.2. The summed E-state index contributed by atoms with van der Waals surface area (Å²) >= 11 is 0. The van der Waals surface area contributed by atoms with Crippen LogP contribution in [0.3, 0.4) is 0 Å². The van der Waals surface area contributed by atoms with Crippen molar-refractivity contribution in [2.24, 2.45) is 40.4 Å². The van der Waals surface area contributed by atoms with E-state index in [1.54, 1.807) is 7.11 Å². The molecule has 0 aliphatic heterocycles. The lowest BCUT2D eigenvalue weighted by Crippen LogP contribution is -2.56. The van der Waals surface area contributed by atoms with E-state index in [1.807, 2.05) is 0 Å². The molecule has 0 aromatic carbocycles. The summed E-state index contributed by atoms with van der Waals surface area (Å²) in [4.78, 5) is 0. The first-order valence-corrected chi connectivity index (χ1v) is 13.7. The van der Waals surface area contributed by atoms with Crippen molar-refractivity contribution in [2.45, 2.75) is 128 Å². The topological polar surface area (TPSA) is 49.7 Å². The second-order valence-corrected chi connectivity index (χ2v) is 13.3. The van der Waals surface area contributed by atoms with Crippen LogP contribution >= 0.6 is 0 Å². The van der Waals surface area contributed by atoms with Crippen LogP contribution in [0, 0.1) is 40.4 Å². The number of fused-ring (bicyclic) bond motifs is 5. The summed E-state index contributed by atoms with van der Waals surface area (Å²) in [7, 11) is 1.62. The van der Waals surface area contributed by atoms with Crippen molar-refractivity contribution >= 4 is 0 Å². The normalized spacial score (nSPS) is 47.3. The van der Waals surface area contributed by atoms with Crippen LogP contribution in [-0.4, -0.2) is 40.8 Å². The fraction of sp³-hybridized carbons (Fsp3) is 1.00. The van der Waals surface area contributed by atoms with Gasteiger partial charge in [-0.1, -0.05) is 20.8 Å². The molecule has 0 aromatic rings. The maximum atomic E-state index is 13.2. The fourth-order valence-corrected chi connectivity index (χ4v) is 9.34. The second kappa shape index (κ2) is 8.90. The van der Waals surface area contributed by atoms with Gasteiger partial charge in [-0.05, 0) is 124 Å². The van der Waals surface area contributed by atoms with Gasteiger partial charge in [0.1, 0.15) is 0 Å². The first-order chi connectivity index (χ1) is 15.7. The van der Waals surface area contributed by atoms with Gasteiger partial charge in [-0.25, -0.2) is 0 Å². The number of methoxy groups -OCH3 is 1. The van der Waals surface area contributed by atoms with Crippen LogP contribution in [0.2, 0.25) is 0 Å². The van der Waals surface area contributed by atoms with Gasteiger partial charge in [-0.3, -0.25) is 0 Å². The van der Waals surface area contributed by atoms with Gasteiger partial charge < -0.3 is 14.9 Å². The SMILES string of the molecule is CC[C@]1(O)CC[C@@]2(C)[C@H](CC[C@@H]3[C@@H]2CC[C@]2(C)[C@@H]([C@@H](CC[C@@](C)(O)C(F)(F)F)OC)CC[C@@H]32)C1. The summed E-state index contributed by atoms with van der Waals surface area (Å²) in [6, 6.07) is 0. The van der Waals surface area contributed by atoms with Crippen LogP contribution in [0.1, 0.15) is 105 Å². The lowest BCUT2D eigenvalue weighted by molar-refractivity contribution is -0.257. The third-order valence-electron chi connectivity index (χ3n) is 11.8. The number of halogens is 3. The number of hydrogen-bond acceptors (Lipinski definition) is 3. The molecule has 0 spiro atoms. The van der Waals surface area contributed by atoms with E-state index in [-0.39, 0.29) is 30.3 Å². The number of rotatable bonds is 6. The Morgan fingerprint density at radius 2 is 1.65 bits per heavy atom. The highest BCUT2D eigenvalue weighted by atomic mass is 19.4. The predicted molar refractivity (Wildman–Crippen MR) is 127 cm³/mol. The maximum absolute atomic E-state index is 13.2. The highest BCUT2D eigenvalue weighted by Gasteiger charge is 2.62. The van der Waals surface area contributed by atoms with Crippen molar-refractivity contribution in [3.63, 3.8) is 0 Å². The van der Waals surface area contributed by atoms with Crippen molar-refractivity contribution in [3.05, 3.63) is 0 Å². The van der Waals surface area contributed by atoms with Crippen LogP contribution in [0.25, 0.3) is 0 Å². The Morgan fingerprint density at radius 3 is 2.26 bits per heavy atom. The highest BCUT2D eigenvalue weighted by Crippen LogP contribution is 2.68. The van der Waals surface area contributed by atoms with E-state index in [9.17, 15) is 23.4 Å². The zero-order valence-corrected chi connectivity index (χ0v) is 21.9. The van der Waals surface area contributed by atoms with Crippen LogP contribution in [0.5, 0.6) is 0 Å². The van der Waals surface area contributed by atoms with Gasteiger partial charge in [0.25, 0.3) is 0 Å². The van der Waals surface area contributed by atoms with Crippen LogP contribution in [0.15, 0.2) is 0 Å². The summed E-state index contributed by atoms with van der Waals surface area (Å²) in [5, 5.41) is 21.0. The van der Waals surface area contributed by atoms with E-state index in [2.05, 4.69) is 20.8 Å². The van der Waals surface area contributed by atoms with Crippen LogP contribution in [-0.2, 0) is 4.74 Å². The Morgan fingerprint density at radius 1 is 0.971 bits per heavy atom. The molecule has 4 aliphatic rings. The van der Waals surface area contributed by atoms with E-state index >= 15 is 0 Å². The molecule has 0 unspecified atom stereocenters. The van der Waals surface area contributed by atoms with Gasteiger partial charge >= 0.3 is 6.18 Å². The Labute approximate surface area is 204 Å². The molecule has 0 saturated heterocycles. The van der Waals surface area contributed by atoms with E-state index in [0.717, 1.165) is 51.9 Å². The monoisotopic (exact) mass is 488 g/mol. The third kappa shape index (κ3) is 4.26. The second-order valence-electron chi connectivity index (χ2n) is 13.3. The summed E-state index contributed by atoms with van der Waals surface area (Å²) in [6.07, 6.45) is 5.71. The molecule has 4 saturated carbocycles. The minimum absolute atomic E-state index is 0.0912. The molecular weight excluding hydrogens is 441 g/mol. The molecule has 4 aliphatic carbocycles. The number of aliphatic hydroxyl groups is 2. The third-order valence-corrected chi connectivity index (χ3v) is 11.8. The quantitative estimate of drug-likeness (QED) is 0.428. The van der Waals surface area contributed by atoms with Crippen molar-refractivity contribution < 1.29 is 28.1 Å². The van der Waals surface area contributed by atoms with Gasteiger partial charge in [0.2, 0.25) is 0 Å². The average molecular weight is 489 g/mol. The van der Waals surface area contributed by atoms with Crippen molar-refractivity contribution in [2.75, 3.05) is 7.11 Å². The number of hydrogen-bond donors (Lipinski definition) is 2. The molecule has 10 atom stereocenters. The van der Waals surface area contributed by atoms with Gasteiger partial charge in [-0.15, -0.1) is 0 Å². The number of ether oxygens (including phenoxy) is 1. The van der Waals surface area contributed by atoms with Gasteiger partial charge in [0.15, 0.2) is 5.60 Å². The summed E-state index contributed by atoms with van der Waals surface area (Å²) in [6.45, 7) is 7.87. The smallest absolute Gasteiger partial charge is 0.390 e. The molecule has 0 heterocycles. The summed E-state index contributed by atoms with van der Waals surface area (Å²) in [5.74, 6) is 2.81. The summed E-state index contributed by atoms with van der Waals surface area (Å²) in [5.41, 5.74) is -2.76. The lowest BCUT2D eigenvalue weighted by Gasteiger charge is -2.62. The molecule has 0 aromatic heterocycles. The van der Waals surface area contributed by atoms with Crippen molar-refractivity contribution in [1.82, 2.24) is 0 Å². The minimum Gasteiger partial charge on any atom is -0.390 e. The molecular formula is C28H47F3O3. The Balaban J connectivity index is 1.48. The molecule has 0 radical (unpaired) electrons. The predicted octanol–water partition coefficient (Wildman–Crippen LogP) is 6.89. The minimum atomic E-state index is -4.62. The Hall–Kier alpha value is -0.330. The van der Waals surface area contributed by atoms with Gasteiger partial charge in [0, 0.05) is 7.11 Å². The first kappa shape index (κ1) is 26.7. The van der Waals surface area contributed by atoms with Crippen LogP contribution in [0.4, 0.5) is 13.2 Å². The van der Waals surface area contributed by atoms with E-state index in [4.69, 9.17) is 4.74 Å². The van der Waals surface area contributed by atoms with E-state index in [1.165, 1.54) is 19.3 Å². The molecule has 4 rings (SSSR count). The van der Waals surface area contributed by atoms with Gasteiger partial charge in [0.05, 0.1) is 11.7 Å². The largest absolute Gasteiger partial charge is 0.416 e. The number of alkyl halides is 3. The fourth-order valence-electron chi connectivity index (χ4n) is 9.34. The molecule has 198 valence electrons. The molecule has 6 heteroatoms. The van der Waals surface area contributed by atoms with E-state index < -0.39 is 17.4 Å². The first-order valence-electron chi connectivity index (χ1n) is 13.7. The standard InChI is InChI=1S/C28H47F3O3/c1-6-27(33)16-15-24(2)18(17-27)7-8-19-20-9-10-22(25(20,3)13-11-21(19)24)23(34-5)12-14-26(4,32)28(29,30)31/h18-23,32-33H,6-17H2,1-5H3/t18-,19+,20+,21+,22-,23-,24+,25+,26-,27+/m1/s1. The zero-order valence-electron chi connectivity index (χ0n) is 21.9. The maximum Gasteiger partial charge on any atom is 0.416 e. The van der Waals surface area contributed by atoms with Crippen molar-refractivity contribution in [1.29, 1.82) is 0 Å². The summed E-state index contributed by atoms with van der Waals surface area (Å²) < 4.78 is 45.5. The molecule has 3 nitrogen and oxygen atoms in total. The van der Waals surface area contributed by atoms with E-state index in [0.29, 0.717) is 29.1 Å². The highest BCUT2D eigenvalue weighted by molar-refractivity contribution is 5.11. The van der Waals surface area contributed by atoms with Crippen molar-refractivity contribution in [3.8, 4) is 0 Å². The average Bonchev–Trinajstić information content (AvgIpc) is 3.11. The molecule has 0 bridgehead atoms. The molecule has 0 amide bonds. The lowest BCUT2D eigenvalue weighted by atomic mass is 9.43. The molecule has 2 N–H and O–H groups in total.